The molecule has 4 nitrogen and oxygen atoms in total. The summed E-state index contributed by atoms with van der Waals surface area (Å²) < 4.78 is 0. The molecule has 358 valence electrons. The lowest BCUT2D eigenvalue weighted by atomic mass is 9.85. The molecule has 0 amide bonds. The summed E-state index contributed by atoms with van der Waals surface area (Å²) in [5.41, 5.74) is 26.0. The second kappa shape index (κ2) is 17.9. The fourth-order valence-electron chi connectivity index (χ4n) is 12.6. The Hall–Kier alpha value is -10.5. The fraction of sp³-hybridized carbons (Fsp3) is 0. The maximum Gasteiger partial charge on any atom is 0.104 e. The molecule has 3 aliphatic heterocycles. The molecule has 0 aliphatic carbocycles. The average Bonchev–Trinajstić information content (AvgIpc) is 3.96. The van der Waals surface area contributed by atoms with Crippen LogP contribution in [0.2, 0.25) is 0 Å². The highest BCUT2D eigenvalue weighted by molar-refractivity contribution is 6.19. The summed E-state index contributed by atoms with van der Waals surface area (Å²) in [6.45, 7) is 0. The van der Waals surface area contributed by atoms with Crippen molar-refractivity contribution >= 4 is 51.2 Å². The van der Waals surface area contributed by atoms with Crippen molar-refractivity contribution < 1.29 is 0 Å². The Labute approximate surface area is 448 Å². The van der Waals surface area contributed by atoms with Crippen molar-refractivity contribution in [2.45, 2.75) is 0 Å². The summed E-state index contributed by atoms with van der Waals surface area (Å²) in [6, 6.07) is 104. The number of hydrogen-bond donors (Lipinski definition) is 0. The minimum Gasteiger partial charge on any atom is -0.308 e. The maximum absolute atomic E-state index is 12.9. The molecule has 15 rings (SSSR count). The molecule has 0 N–H and O–H groups in total. The first kappa shape index (κ1) is 44.1. The second-order valence-corrected chi connectivity index (χ2v) is 19.8. The van der Waals surface area contributed by atoms with Gasteiger partial charge in [-0.1, -0.05) is 243 Å². The molecule has 12 aromatic rings. The number of fused-ring (bicyclic) bond motifs is 15. The molecular formula is C73H46N4. The molecule has 0 saturated carbocycles. The molecule has 0 atom stereocenters. The summed E-state index contributed by atoms with van der Waals surface area (Å²) >= 11 is 0. The molecule has 4 heteroatoms. The highest BCUT2D eigenvalue weighted by Crippen LogP contribution is 2.65. The standard InChI is InChI=1S/C73H46N4/c74-47-62-71(75-63-41-19-13-35-56(63)50-29-7-8-30-51(50)57-36-14-20-42-64(57)75)69(48-25-3-1-4-26-48)73(77-67-45-23-17-39-60(67)54-33-11-12-34-55(54)61-40-18-24-46-68(61)77)70(49-27-5-2-6-28-49)72(62)76-65-43-21-15-37-58(65)52-31-9-10-32-53(52)59-38-16-22-44-66(59)76/h1-46H. The largest absolute Gasteiger partial charge is 0.308 e. The Morgan fingerprint density at radius 3 is 0.636 bits per heavy atom. The molecule has 0 fully saturated rings. The zero-order valence-electron chi connectivity index (χ0n) is 41.8. The van der Waals surface area contributed by atoms with Crippen molar-refractivity contribution in [1.29, 1.82) is 5.26 Å². The molecule has 0 spiro atoms. The van der Waals surface area contributed by atoms with Crippen LogP contribution in [0.5, 0.6) is 0 Å². The summed E-state index contributed by atoms with van der Waals surface area (Å²) in [5.74, 6) is 0. The van der Waals surface area contributed by atoms with E-state index in [2.05, 4.69) is 300 Å². The van der Waals surface area contributed by atoms with Gasteiger partial charge in [0.05, 0.1) is 51.2 Å². The van der Waals surface area contributed by atoms with Crippen molar-refractivity contribution in [3.63, 3.8) is 0 Å². The van der Waals surface area contributed by atoms with E-state index in [4.69, 9.17) is 0 Å². The lowest BCUT2D eigenvalue weighted by molar-refractivity contribution is 1.22. The van der Waals surface area contributed by atoms with Gasteiger partial charge >= 0.3 is 0 Å². The lowest BCUT2D eigenvalue weighted by Crippen LogP contribution is -2.22. The minimum atomic E-state index is 0.525. The predicted octanol–water partition coefficient (Wildman–Crippen LogP) is 20.2. The van der Waals surface area contributed by atoms with Crippen LogP contribution in [0.15, 0.2) is 279 Å². The van der Waals surface area contributed by atoms with Gasteiger partial charge in [-0.3, -0.25) is 0 Å². The van der Waals surface area contributed by atoms with E-state index in [1.165, 1.54) is 0 Å². The SMILES string of the molecule is N#Cc1c(N2c3ccccc3-c3ccccc3-c3ccccc32)c(-c2ccccc2)c(N2c3ccccc3-c3ccccc3-c3ccccc32)c(-c2ccccc2)c1N1c2ccccc2-c2ccccc2-c2ccccc21. The van der Waals surface area contributed by atoms with Gasteiger partial charge in [-0.2, -0.15) is 5.26 Å². The first-order chi connectivity index (χ1) is 38.3. The van der Waals surface area contributed by atoms with E-state index >= 15 is 0 Å². The van der Waals surface area contributed by atoms with Crippen LogP contribution in [0, 0.1) is 11.3 Å². The van der Waals surface area contributed by atoms with Gasteiger partial charge in [-0.25, -0.2) is 0 Å². The highest BCUT2D eigenvalue weighted by atomic mass is 15.2. The van der Waals surface area contributed by atoms with E-state index in [0.717, 1.165) is 140 Å². The molecular weight excluding hydrogens is 933 g/mol. The third-order valence-corrected chi connectivity index (χ3v) is 15.7. The van der Waals surface area contributed by atoms with E-state index in [1.54, 1.807) is 0 Å². The number of benzene rings is 12. The van der Waals surface area contributed by atoms with Gasteiger partial charge in [-0.05, 0) is 80.9 Å². The Kier molecular flexibility index (Phi) is 10.2. The zero-order chi connectivity index (χ0) is 51.0. The summed E-state index contributed by atoms with van der Waals surface area (Å²) in [4.78, 5) is 7.36. The second-order valence-electron chi connectivity index (χ2n) is 19.8. The number of rotatable bonds is 5. The summed E-state index contributed by atoms with van der Waals surface area (Å²) in [7, 11) is 0. The normalized spacial score (nSPS) is 12.3. The molecule has 3 heterocycles. The van der Waals surface area contributed by atoms with Crippen LogP contribution < -0.4 is 14.7 Å². The molecule has 0 bridgehead atoms. The molecule has 0 saturated heterocycles. The number of para-hydroxylation sites is 6. The van der Waals surface area contributed by atoms with Gasteiger partial charge in [0, 0.05) is 44.5 Å². The van der Waals surface area contributed by atoms with Crippen LogP contribution in [0.25, 0.3) is 89.0 Å². The number of anilines is 9. The number of nitriles is 1. The Bertz CT molecular complexity index is 3980. The Morgan fingerprint density at radius 2 is 0.403 bits per heavy atom. The van der Waals surface area contributed by atoms with Crippen molar-refractivity contribution in [3.8, 4) is 95.1 Å². The molecule has 0 unspecified atom stereocenters. The van der Waals surface area contributed by atoms with Crippen LogP contribution in [-0.2, 0) is 0 Å². The van der Waals surface area contributed by atoms with Gasteiger partial charge in [0.25, 0.3) is 0 Å². The fourth-order valence-corrected chi connectivity index (χ4v) is 12.6. The summed E-state index contributed by atoms with van der Waals surface area (Å²) in [5, 5.41) is 12.9. The summed E-state index contributed by atoms with van der Waals surface area (Å²) in [6.07, 6.45) is 0. The predicted molar refractivity (Wildman–Crippen MR) is 319 cm³/mol. The maximum atomic E-state index is 12.9. The van der Waals surface area contributed by atoms with Crippen molar-refractivity contribution in [2.24, 2.45) is 0 Å². The van der Waals surface area contributed by atoms with Crippen molar-refractivity contribution in [2.75, 3.05) is 14.7 Å². The van der Waals surface area contributed by atoms with Crippen molar-refractivity contribution in [3.05, 3.63) is 285 Å². The zero-order valence-corrected chi connectivity index (χ0v) is 41.8. The van der Waals surface area contributed by atoms with E-state index in [1.807, 2.05) is 0 Å². The van der Waals surface area contributed by atoms with Gasteiger partial charge in [0.15, 0.2) is 0 Å². The average molecular weight is 979 g/mol. The Morgan fingerprint density at radius 1 is 0.208 bits per heavy atom. The van der Waals surface area contributed by atoms with Gasteiger partial charge in [-0.15, -0.1) is 0 Å². The molecule has 77 heavy (non-hydrogen) atoms. The van der Waals surface area contributed by atoms with E-state index in [-0.39, 0.29) is 0 Å². The smallest absolute Gasteiger partial charge is 0.104 e. The van der Waals surface area contributed by atoms with Crippen LogP contribution in [0.4, 0.5) is 51.2 Å². The Balaban J connectivity index is 1.23. The topological polar surface area (TPSA) is 33.5 Å². The van der Waals surface area contributed by atoms with Crippen LogP contribution >= 0.6 is 0 Å². The monoisotopic (exact) mass is 978 g/mol. The molecule has 3 aliphatic rings. The van der Waals surface area contributed by atoms with Crippen LogP contribution in [-0.4, -0.2) is 0 Å². The van der Waals surface area contributed by atoms with Gasteiger partial charge in [0.2, 0.25) is 0 Å². The quantitative estimate of drug-likeness (QED) is 0.172. The van der Waals surface area contributed by atoms with Crippen molar-refractivity contribution in [1.82, 2.24) is 0 Å². The van der Waals surface area contributed by atoms with Crippen LogP contribution in [0.1, 0.15) is 5.56 Å². The van der Waals surface area contributed by atoms with E-state index < -0.39 is 0 Å². The molecule has 0 aromatic heterocycles. The minimum absolute atomic E-state index is 0.525. The van der Waals surface area contributed by atoms with Gasteiger partial charge in [0.1, 0.15) is 11.6 Å². The van der Waals surface area contributed by atoms with Crippen LogP contribution in [0.3, 0.4) is 0 Å². The third kappa shape index (κ3) is 6.71. The van der Waals surface area contributed by atoms with E-state index in [9.17, 15) is 5.26 Å². The number of nitrogens with zero attached hydrogens (tertiary/aromatic N) is 4. The van der Waals surface area contributed by atoms with E-state index in [0.29, 0.717) is 5.56 Å². The highest BCUT2D eigenvalue weighted by Gasteiger charge is 2.41. The third-order valence-electron chi connectivity index (χ3n) is 15.7. The first-order valence-electron chi connectivity index (χ1n) is 26.3. The molecule has 12 aromatic carbocycles. The van der Waals surface area contributed by atoms with Gasteiger partial charge < -0.3 is 14.7 Å². The first-order valence-corrected chi connectivity index (χ1v) is 26.3. The lowest BCUT2D eigenvalue weighted by Gasteiger charge is -2.40. The number of hydrogen-bond acceptors (Lipinski definition) is 4. The molecule has 0 radical (unpaired) electrons.